The van der Waals surface area contributed by atoms with Gasteiger partial charge in [0.25, 0.3) is 0 Å². The van der Waals surface area contributed by atoms with Crippen molar-refractivity contribution in [3.8, 4) is 0 Å². The van der Waals surface area contributed by atoms with Crippen molar-refractivity contribution in [1.82, 2.24) is 5.43 Å². The molecule has 1 rings (SSSR count). The molecule has 14 heavy (non-hydrogen) atoms. The first kappa shape index (κ1) is 12.2. The van der Waals surface area contributed by atoms with Crippen molar-refractivity contribution in [2.75, 3.05) is 0 Å². The fraction of sp³-hybridized carbons (Fsp3) is 0.600. The fourth-order valence-electron chi connectivity index (χ4n) is 1.47. The molecule has 0 aromatic carbocycles. The summed E-state index contributed by atoms with van der Waals surface area (Å²) >= 11 is 5.31. The third kappa shape index (κ3) is 3.69. The van der Waals surface area contributed by atoms with Crippen LogP contribution in [-0.4, -0.2) is 6.04 Å². The predicted molar refractivity (Wildman–Crippen MR) is 66.3 cm³/mol. The van der Waals surface area contributed by atoms with Crippen molar-refractivity contribution in [3.05, 3.63) is 20.8 Å². The van der Waals surface area contributed by atoms with E-state index in [4.69, 9.17) is 5.84 Å². The second-order valence-electron chi connectivity index (χ2n) is 3.89. The number of rotatable bonds is 5. The number of hydrogen-bond acceptors (Lipinski definition) is 3. The zero-order chi connectivity index (χ0) is 10.6. The van der Waals surface area contributed by atoms with E-state index in [0.717, 1.165) is 12.8 Å². The SMILES string of the molecule is CC(C)CC(Cc1sccc1Br)NN. The molecule has 1 aromatic heterocycles. The van der Waals surface area contributed by atoms with Gasteiger partial charge >= 0.3 is 0 Å². The minimum Gasteiger partial charge on any atom is -0.271 e. The van der Waals surface area contributed by atoms with Gasteiger partial charge in [-0.05, 0) is 46.1 Å². The second kappa shape index (κ2) is 5.85. The Hall–Kier alpha value is 0.1000. The molecule has 0 aliphatic heterocycles. The molecule has 1 aromatic rings. The van der Waals surface area contributed by atoms with Crippen LogP contribution in [0.25, 0.3) is 0 Å². The fourth-order valence-corrected chi connectivity index (χ4v) is 3.07. The summed E-state index contributed by atoms with van der Waals surface area (Å²) in [7, 11) is 0. The van der Waals surface area contributed by atoms with Crippen LogP contribution in [-0.2, 0) is 6.42 Å². The Morgan fingerprint density at radius 3 is 2.71 bits per heavy atom. The van der Waals surface area contributed by atoms with Gasteiger partial charge in [0.1, 0.15) is 0 Å². The molecule has 0 bridgehead atoms. The molecular weight excluding hydrogens is 260 g/mol. The molecule has 3 N–H and O–H groups in total. The molecule has 0 spiro atoms. The van der Waals surface area contributed by atoms with Crippen LogP contribution in [0, 0.1) is 5.92 Å². The maximum atomic E-state index is 5.53. The van der Waals surface area contributed by atoms with Crippen molar-refractivity contribution < 1.29 is 0 Å². The molecular formula is C10H17BrN2S. The lowest BCUT2D eigenvalue weighted by atomic mass is 10.0. The lowest BCUT2D eigenvalue weighted by molar-refractivity contribution is 0.424. The quantitative estimate of drug-likeness (QED) is 0.641. The summed E-state index contributed by atoms with van der Waals surface area (Å²) in [5.41, 5.74) is 2.88. The van der Waals surface area contributed by atoms with Crippen LogP contribution in [0.4, 0.5) is 0 Å². The molecule has 4 heteroatoms. The molecule has 1 heterocycles. The van der Waals surface area contributed by atoms with Gasteiger partial charge < -0.3 is 0 Å². The molecule has 0 radical (unpaired) electrons. The molecule has 0 amide bonds. The number of thiophene rings is 1. The van der Waals surface area contributed by atoms with Gasteiger partial charge in [0.15, 0.2) is 0 Å². The summed E-state index contributed by atoms with van der Waals surface area (Å²) in [6, 6.07) is 2.47. The van der Waals surface area contributed by atoms with Crippen molar-refractivity contribution in [1.29, 1.82) is 0 Å². The Balaban J connectivity index is 2.52. The van der Waals surface area contributed by atoms with Gasteiger partial charge in [-0.15, -0.1) is 11.3 Å². The van der Waals surface area contributed by atoms with Gasteiger partial charge in [-0.3, -0.25) is 11.3 Å². The second-order valence-corrected chi connectivity index (χ2v) is 5.74. The standard InChI is InChI=1S/C10H17BrN2S/c1-7(2)5-8(13-12)6-10-9(11)3-4-14-10/h3-4,7-8,13H,5-6,12H2,1-2H3. The van der Waals surface area contributed by atoms with E-state index in [9.17, 15) is 0 Å². The van der Waals surface area contributed by atoms with E-state index in [1.807, 2.05) is 0 Å². The minimum absolute atomic E-state index is 0.380. The molecule has 80 valence electrons. The summed E-state index contributed by atoms with van der Waals surface area (Å²) in [6.07, 6.45) is 2.12. The maximum Gasteiger partial charge on any atom is 0.0314 e. The number of nitrogens with one attached hydrogen (secondary N) is 1. The zero-order valence-corrected chi connectivity index (χ0v) is 11.0. The zero-order valence-electron chi connectivity index (χ0n) is 8.59. The first-order chi connectivity index (χ1) is 6.63. The van der Waals surface area contributed by atoms with Gasteiger partial charge in [0, 0.05) is 15.4 Å². The average Bonchev–Trinajstić information content (AvgIpc) is 2.50. The van der Waals surface area contributed by atoms with Crippen LogP contribution in [0.3, 0.4) is 0 Å². The first-order valence-corrected chi connectivity index (χ1v) is 6.48. The highest BCUT2D eigenvalue weighted by Gasteiger charge is 2.12. The number of nitrogens with two attached hydrogens (primary N) is 1. The average molecular weight is 277 g/mol. The van der Waals surface area contributed by atoms with Crippen LogP contribution >= 0.6 is 27.3 Å². The monoisotopic (exact) mass is 276 g/mol. The number of hydrogen-bond donors (Lipinski definition) is 2. The van der Waals surface area contributed by atoms with Crippen molar-refractivity contribution in [3.63, 3.8) is 0 Å². The highest BCUT2D eigenvalue weighted by atomic mass is 79.9. The third-order valence-electron chi connectivity index (χ3n) is 2.11. The Kier molecular flexibility index (Phi) is 5.09. The Labute approximate surface area is 98.0 Å². The largest absolute Gasteiger partial charge is 0.271 e. The Morgan fingerprint density at radius 2 is 2.29 bits per heavy atom. The number of hydrazine groups is 1. The summed E-state index contributed by atoms with van der Waals surface area (Å²) < 4.78 is 1.20. The normalized spacial score (nSPS) is 13.5. The van der Waals surface area contributed by atoms with Gasteiger partial charge in [0.05, 0.1) is 0 Å². The van der Waals surface area contributed by atoms with Crippen molar-refractivity contribution in [2.24, 2.45) is 11.8 Å². The summed E-state index contributed by atoms with van der Waals surface area (Å²) in [5, 5.41) is 2.10. The topological polar surface area (TPSA) is 38.0 Å². The first-order valence-electron chi connectivity index (χ1n) is 4.81. The molecule has 0 fully saturated rings. The van der Waals surface area contributed by atoms with Gasteiger partial charge in [0.2, 0.25) is 0 Å². The predicted octanol–water partition coefficient (Wildman–Crippen LogP) is 2.93. The molecule has 1 atom stereocenters. The molecule has 0 aliphatic carbocycles. The lowest BCUT2D eigenvalue weighted by Gasteiger charge is -2.17. The maximum absolute atomic E-state index is 5.53. The van der Waals surface area contributed by atoms with Crippen LogP contribution in [0.5, 0.6) is 0 Å². The lowest BCUT2D eigenvalue weighted by Crippen LogP contribution is -2.37. The van der Waals surface area contributed by atoms with Crippen molar-refractivity contribution >= 4 is 27.3 Å². The third-order valence-corrected chi connectivity index (χ3v) is 4.06. The summed E-state index contributed by atoms with van der Waals surface area (Å²) in [4.78, 5) is 1.37. The smallest absolute Gasteiger partial charge is 0.0314 e. The highest BCUT2D eigenvalue weighted by Crippen LogP contribution is 2.25. The van der Waals surface area contributed by atoms with E-state index in [1.54, 1.807) is 11.3 Å². The van der Waals surface area contributed by atoms with E-state index in [1.165, 1.54) is 9.35 Å². The van der Waals surface area contributed by atoms with E-state index in [2.05, 4.69) is 46.6 Å². The van der Waals surface area contributed by atoms with Gasteiger partial charge in [-0.25, -0.2) is 0 Å². The number of halogens is 1. The van der Waals surface area contributed by atoms with E-state index in [-0.39, 0.29) is 0 Å². The van der Waals surface area contributed by atoms with E-state index < -0.39 is 0 Å². The highest BCUT2D eigenvalue weighted by molar-refractivity contribution is 9.10. The molecule has 0 saturated carbocycles. The van der Waals surface area contributed by atoms with Crippen molar-refractivity contribution in [2.45, 2.75) is 32.7 Å². The summed E-state index contributed by atoms with van der Waals surface area (Å²) in [5.74, 6) is 6.20. The van der Waals surface area contributed by atoms with Gasteiger partial charge in [-0.1, -0.05) is 13.8 Å². The molecule has 0 saturated heterocycles. The van der Waals surface area contributed by atoms with E-state index in [0.29, 0.717) is 12.0 Å². The van der Waals surface area contributed by atoms with Crippen LogP contribution < -0.4 is 11.3 Å². The van der Waals surface area contributed by atoms with Crippen LogP contribution in [0.15, 0.2) is 15.9 Å². The molecule has 1 unspecified atom stereocenters. The summed E-state index contributed by atoms with van der Waals surface area (Å²) in [6.45, 7) is 4.43. The Bertz CT molecular complexity index is 273. The molecule has 2 nitrogen and oxygen atoms in total. The van der Waals surface area contributed by atoms with Crippen LogP contribution in [0.2, 0.25) is 0 Å². The van der Waals surface area contributed by atoms with Gasteiger partial charge in [-0.2, -0.15) is 0 Å². The minimum atomic E-state index is 0.380. The molecule has 0 aliphatic rings. The van der Waals surface area contributed by atoms with Crippen LogP contribution in [0.1, 0.15) is 25.1 Å². The van der Waals surface area contributed by atoms with E-state index >= 15 is 0 Å². The Morgan fingerprint density at radius 1 is 1.57 bits per heavy atom.